The molecule has 0 saturated heterocycles. The SMILES string of the molecule is C=C(C)Nc1snnc1C(C)=O. The third-order valence-electron chi connectivity index (χ3n) is 1.15. The Morgan fingerprint density at radius 3 is 2.75 bits per heavy atom. The third-order valence-corrected chi connectivity index (χ3v) is 1.79. The molecule has 1 heterocycles. The average molecular weight is 183 g/mol. The molecule has 1 aromatic heterocycles. The van der Waals surface area contributed by atoms with Gasteiger partial charge in [0.05, 0.1) is 0 Å². The first-order chi connectivity index (χ1) is 5.61. The van der Waals surface area contributed by atoms with Crippen LogP contribution in [0.2, 0.25) is 0 Å². The van der Waals surface area contributed by atoms with Crippen molar-refractivity contribution in [3.05, 3.63) is 18.0 Å². The van der Waals surface area contributed by atoms with Crippen molar-refractivity contribution in [2.75, 3.05) is 5.32 Å². The fourth-order valence-electron chi connectivity index (χ4n) is 0.697. The number of carbonyl (C=O) groups excluding carboxylic acids is 1. The molecule has 1 aromatic rings. The molecule has 0 aliphatic rings. The van der Waals surface area contributed by atoms with E-state index in [4.69, 9.17) is 0 Å². The molecule has 0 bridgehead atoms. The molecule has 0 aromatic carbocycles. The van der Waals surface area contributed by atoms with Crippen molar-refractivity contribution >= 4 is 22.3 Å². The monoisotopic (exact) mass is 183 g/mol. The standard InChI is InChI=1S/C7H9N3OS/c1-4(2)8-7-6(5(3)11)9-10-12-7/h8H,1H2,2-3H3. The minimum Gasteiger partial charge on any atom is -0.348 e. The first-order valence-electron chi connectivity index (χ1n) is 3.37. The van der Waals surface area contributed by atoms with Crippen LogP contribution < -0.4 is 5.32 Å². The zero-order valence-electron chi connectivity index (χ0n) is 6.92. The second-order valence-electron chi connectivity index (χ2n) is 2.41. The molecule has 64 valence electrons. The number of allylic oxidation sites excluding steroid dienone is 1. The number of carbonyl (C=O) groups is 1. The maximum atomic E-state index is 10.9. The zero-order valence-corrected chi connectivity index (χ0v) is 7.73. The van der Waals surface area contributed by atoms with Gasteiger partial charge in [-0.15, -0.1) is 5.10 Å². The fourth-order valence-corrected chi connectivity index (χ4v) is 1.39. The maximum Gasteiger partial charge on any atom is 0.183 e. The molecule has 0 radical (unpaired) electrons. The van der Waals surface area contributed by atoms with E-state index in [1.54, 1.807) is 0 Å². The zero-order chi connectivity index (χ0) is 9.14. The summed E-state index contributed by atoms with van der Waals surface area (Å²) in [5, 5.41) is 7.26. The molecular formula is C7H9N3OS. The van der Waals surface area contributed by atoms with Crippen molar-refractivity contribution < 1.29 is 4.79 Å². The van der Waals surface area contributed by atoms with Crippen LogP contribution in [0, 0.1) is 0 Å². The lowest BCUT2D eigenvalue weighted by atomic mass is 10.3. The number of rotatable bonds is 3. The number of anilines is 1. The van der Waals surface area contributed by atoms with E-state index < -0.39 is 0 Å². The molecule has 0 saturated carbocycles. The fraction of sp³-hybridized carbons (Fsp3) is 0.286. The Bertz CT molecular complexity index is 318. The molecule has 0 atom stereocenters. The van der Waals surface area contributed by atoms with Crippen molar-refractivity contribution in [2.24, 2.45) is 0 Å². The van der Waals surface area contributed by atoms with Gasteiger partial charge in [-0.1, -0.05) is 11.1 Å². The number of Topliss-reactive ketones (excluding diaryl/α,β-unsaturated/α-hetero) is 1. The average Bonchev–Trinajstić information content (AvgIpc) is 2.33. The highest BCUT2D eigenvalue weighted by atomic mass is 32.1. The summed E-state index contributed by atoms with van der Waals surface area (Å²) in [6, 6.07) is 0. The molecule has 12 heavy (non-hydrogen) atoms. The molecule has 0 aliphatic carbocycles. The normalized spacial score (nSPS) is 9.50. The molecule has 0 aliphatic heterocycles. The number of aromatic nitrogens is 2. The van der Waals surface area contributed by atoms with Crippen molar-refractivity contribution in [1.82, 2.24) is 9.59 Å². The van der Waals surface area contributed by atoms with Crippen LogP contribution in [-0.2, 0) is 0 Å². The Labute approximate surface area is 74.5 Å². The third kappa shape index (κ3) is 1.88. The van der Waals surface area contributed by atoms with Gasteiger partial charge in [0.25, 0.3) is 0 Å². The van der Waals surface area contributed by atoms with Crippen molar-refractivity contribution in [3.8, 4) is 0 Å². The molecule has 0 unspecified atom stereocenters. The minimum atomic E-state index is -0.0903. The Morgan fingerprint density at radius 1 is 1.58 bits per heavy atom. The number of hydrogen-bond acceptors (Lipinski definition) is 5. The topological polar surface area (TPSA) is 54.9 Å². The van der Waals surface area contributed by atoms with Gasteiger partial charge in [0, 0.05) is 24.2 Å². The molecule has 5 heteroatoms. The lowest BCUT2D eigenvalue weighted by Crippen LogP contribution is -1.99. The van der Waals surface area contributed by atoms with E-state index >= 15 is 0 Å². The van der Waals surface area contributed by atoms with Gasteiger partial charge in [0.1, 0.15) is 5.00 Å². The lowest BCUT2D eigenvalue weighted by molar-refractivity contribution is 0.101. The van der Waals surface area contributed by atoms with Crippen molar-refractivity contribution in [1.29, 1.82) is 0 Å². The second kappa shape index (κ2) is 3.44. The Kier molecular flexibility index (Phi) is 2.54. The van der Waals surface area contributed by atoms with Gasteiger partial charge in [-0.3, -0.25) is 4.79 Å². The van der Waals surface area contributed by atoms with Gasteiger partial charge in [-0.25, -0.2) is 0 Å². The number of nitrogens with one attached hydrogen (secondary N) is 1. The van der Waals surface area contributed by atoms with E-state index in [9.17, 15) is 4.79 Å². The van der Waals surface area contributed by atoms with Crippen LogP contribution >= 0.6 is 11.5 Å². The second-order valence-corrected chi connectivity index (χ2v) is 3.17. The predicted octanol–water partition coefficient (Wildman–Crippen LogP) is 1.69. The molecular weight excluding hydrogens is 174 g/mol. The van der Waals surface area contributed by atoms with Crippen LogP contribution in [0.3, 0.4) is 0 Å². The maximum absolute atomic E-state index is 10.9. The Balaban J connectivity index is 2.91. The van der Waals surface area contributed by atoms with E-state index in [1.807, 2.05) is 6.92 Å². The summed E-state index contributed by atoms with van der Waals surface area (Å²) < 4.78 is 3.66. The molecule has 0 fully saturated rings. The summed E-state index contributed by atoms with van der Waals surface area (Å²) in [6.45, 7) is 6.93. The van der Waals surface area contributed by atoms with Crippen molar-refractivity contribution in [2.45, 2.75) is 13.8 Å². The van der Waals surface area contributed by atoms with E-state index in [0.29, 0.717) is 10.7 Å². The Morgan fingerprint density at radius 2 is 2.25 bits per heavy atom. The summed E-state index contributed by atoms with van der Waals surface area (Å²) >= 11 is 1.15. The van der Waals surface area contributed by atoms with Gasteiger partial charge >= 0.3 is 0 Å². The van der Waals surface area contributed by atoms with Crippen LogP contribution in [0.5, 0.6) is 0 Å². The minimum absolute atomic E-state index is 0.0903. The Hall–Kier alpha value is -1.23. The van der Waals surface area contributed by atoms with Gasteiger partial charge in [-0.05, 0) is 6.92 Å². The molecule has 0 amide bonds. The van der Waals surface area contributed by atoms with E-state index in [2.05, 4.69) is 21.5 Å². The highest BCUT2D eigenvalue weighted by molar-refractivity contribution is 7.10. The van der Waals surface area contributed by atoms with Gasteiger partial charge < -0.3 is 5.32 Å². The molecule has 1 rings (SSSR count). The number of hydrogen-bond donors (Lipinski definition) is 1. The van der Waals surface area contributed by atoms with Gasteiger partial charge in [-0.2, -0.15) is 0 Å². The highest BCUT2D eigenvalue weighted by Gasteiger charge is 2.11. The van der Waals surface area contributed by atoms with Crippen LogP contribution in [0.4, 0.5) is 5.00 Å². The first kappa shape index (κ1) is 8.86. The summed E-state index contributed by atoms with van der Waals surface area (Å²) in [5.74, 6) is -0.0903. The molecule has 4 nitrogen and oxygen atoms in total. The van der Waals surface area contributed by atoms with E-state index in [1.165, 1.54) is 6.92 Å². The summed E-state index contributed by atoms with van der Waals surface area (Å²) in [7, 11) is 0. The molecule has 1 N–H and O–H groups in total. The van der Waals surface area contributed by atoms with Crippen LogP contribution in [-0.4, -0.2) is 15.4 Å². The number of ketones is 1. The first-order valence-corrected chi connectivity index (χ1v) is 4.14. The smallest absolute Gasteiger partial charge is 0.183 e. The van der Waals surface area contributed by atoms with Crippen LogP contribution in [0.1, 0.15) is 24.3 Å². The van der Waals surface area contributed by atoms with Gasteiger partial charge in [0.2, 0.25) is 0 Å². The van der Waals surface area contributed by atoms with Crippen molar-refractivity contribution in [3.63, 3.8) is 0 Å². The predicted molar refractivity (Wildman–Crippen MR) is 48.4 cm³/mol. The lowest BCUT2D eigenvalue weighted by Gasteiger charge is -2.00. The van der Waals surface area contributed by atoms with Crippen LogP contribution in [0.15, 0.2) is 12.3 Å². The van der Waals surface area contributed by atoms with E-state index in [-0.39, 0.29) is 5.78 Å². The largest absolute Gasteiger partial charge is 0.348 e. The van der Waals surface area contributed by atoms with Crippen LogP contribution in [0.25, 0.3) is 0 Å². The highest BCUT2D eigenvalue weighted by Crippen LogP contribution is 2.19. The number of nitrogens with zero attached hydrogens (tertiary/aromatic N) is 2. The quantitative estimate of drug-likeness (QED) is 0.724. The summed E-state index contributed by atoms with van der Waals surface area (Å²) in [5.41, 5.74) is 1.14. The van der Waals surface area contributed by atoms with E-state index in [0.717, 1.165) is 17.2 Å². The summed E-state index contributed by atoms with van der Waals surface area (Å²) in [6.07, 6.45) is 0. The summed E-state index contributed by atoms with van der Waals surface area (Å²) in [4.78, 5) is 10.9. The van der Waals surface area contributed by atoms with Gasteiger partial charge in [0.15, 0.2) is 11.5 Å². The molecule has 0 spiro atoms.